The van der Waals surface area contributed by atoms with Crippen molar-refractivity contribution in [3.8, 4) is 0 Å². The molecule has 0 bridgehead atoms. The van der Waals surface area contributed by atoms with Crippen LogP contribution in [0.2, 0.25) is 6.32 Å². The molecule has 1 aliphatic rings. The summed E-state index contributed by atoms with van der Waals surface area (Å²) < 4.78 is 13.1. The van der Waals surface area contributed by atoms with Gasteiger partial charge in [-0.2, -0.15) is 0 Å². The largest absolute Gasteiger partial charge is 0.207 e. The maximum Gasteiger partial charge on any atom is 0.183 e. The van der Waals surface area contributed by atoms with Crippen LogP contribution in [0.1, 0.15) is 30.6 Å². The van der Waals surface area contributed by atoms with Gasteiger partial charge in [-0.05, 0) is 17.9 Å². The molecule has 0 nitrogen and oxygen atoms in total. The molecular formula is C17H18BF. The highest BCUT2D eigenvalue weighted by Crippen LogP contribution is 2.32. The standard InChI is InChI=1S/C17H18BF/c19-16-11-9-14(10-12-16)17-8-4-5-13-18(17)15-6-2-1-3-7-15/h1-3,6-7,9-12,17H,4-5,8,13H2. The molecule has 1 fully saturated rings. The molecule has 96 valence electrons. The molecule has 19 heavy (non-hydrogen) atoms. The zero-order chi connectivity index (χ0) is 13.1. The molecule has 0 aliphatic carbocycles. The third-order valence-electron chi connectivity index (χ3n) is 4.29. The number of rotatable bonds is 2. The topological polar surface area (TPSA) is 0 Å². The second-order valence-corrected chi connectivity index (χ2v) is 5.46. The second-order valence-electron chi connectivity index (χ2n) is 5.46. The molecule has 0 aromatic heterocycles. The van der Waals surface area contributed by atoms with Crippen LogP contribution >= 0.6 is 0 Å². The van der Waals surface area contributed by atoms with E-state index in [4.69, 9.17) is 0 Å². The van der Waals surface area contributed by atoms with Crippen LogP contribution in [0.4, 0.5) is 4.39 Å². The summed E-state index contributed by atoms with van der Waals surface area (Å²) in [7, 11) is 0. The van der Waals surface area contributed by atoms with Crippen molar-refractivity contribution in [1.82, 2.24) is 0 Å². The smallest absolute Gasteiger partial charge is 0.183 e. The summed E-state index contributed by atoms with van der Waals surface area (Å²) in [4.78, 5) is 0. The van der Waals surface area contributed by atoms with Crippen LogP contribution in [0.3, 0.4) is 0 Å². The molecular weight excluding hydrogens is 234 g/mol. The van der Waals surface area contributed by atoms with E-state index in [2.05, 4.69) is 30.3 Å². The number of halogens is 1. The lowest BCUT2D eigenvalue weighted by Crippen LogP contribution is -2.39. The van der Waals surface area contributed by atoms with Crippen molar-refractivity contribution in [1.29, 1.82) is 0 Å². The highest BCUT2D eigenvalue weighted by Gasteiger charge is 2.30. The van der Waals surface area contributed by atoms with Gasteiger partial charge in [-0.25, -0.2) is 4.39 Å². The van der Waals surface area contributed by atoms with E-state index >= 15 is 0 Å². The molecule has 2 heteroatoms. The summed E-state index contributed by atoms with van der Waals surface area (Å²) in [5, 5.41) is 0. The Morgan fingerprint density at radius 3 is 2.37 bits per heavy atom. The fraction of sp³-hybridized carbons (Fsp3) is 0.294. The quantitative estimate of drug-likeness (QED) is 0.708. The summed E-state index contributed by atoms with van der Waals surface area (Å²) in [6.07, 6.45) is 5.04. The molecule has 0 amide bonds. The van der Waals surface area contributed by atoms with Crippen LogP contribution in [-0.2, 0) is 0 Å². The van der Waals surface area contributed by atoms with E-state index in [1.54, 1.807) is 12.1 Å². The highest BCUT2D eigenvalue weighted by atomic mass is 19.1. The van der Waals surface area contributed by atoms with Crippen molar-refractivity contribution in [3.63, 3.8) is 0 Å². The van der Waals surface area contributed by atoms with E-state index in [1.807, 2.05) is 12.1 Å². The van der Waals surface area contributed by atoms with Crippen LogP contribution in [0, 0.1) is 5.82 Å². The molecule has 1 unspecified atom stereocenters. The summed E-state index contributed by atoms with van der Waals surface area (Å²) in [6.45, 7) is 0.584. The predicted molar refractivity (Wildman–Crippen MR) is 79.6 cm³/mol. The van der Waals surface area contributed by atoms with Crippen molar-refractivity contribution in [2.45, 2.75) is 31.4 Å². The lowest BCUT2D eigenvalue weighted by molar-refractivity contribution is 0.622. The molecule has 3 rings (SSSR count). The Balaban J connectivity index is 1.91. The molecule has 1 atom stereocenters. The average molecular weight is 252 g/mol. The molecule has 1 aliphatic heterocycles. The maximum absolute atomic E-state index is 13.1. The zero-order valence-corrected chi connectivity index (χ0v) is 11.1. The third kappa shape index (κ3) is 2.73. The van der Waals surface area contributed by atoms with Gasteiger partial charge >= 0.3 is 0 Å². The van der Waals surface area contributed by atoms with Gasteiger partial charge in [0.2, 0.25) is 0 Å². The minimum atomic E-state index is -0.143. The molecule has 2 aromatic rings. The van der Waals surface area contributed by atoms with Crippen LogP contribution in [0.15, 0.2) is 54.6 Å². The Morgan fingerprint density at radius 1 is 0.895 bits per heavy atom. The Bertz CT molecular complexity index is 521. The van der Waals surface area contributed by atoms with Gasteiger partial charge in [0.15, 0.2) is 6.71 Å². The Kier molecular flexibility index (Phi) is 3.68. The molecule has 1 heterocycles. The normalized spacial score (nSPS) is 19.4. The molecule has 2 aromatic carbocycles. The van der Waals surface area contributed by atoms with Gasteiger partial charge in [-0.3, -0.25) is 0 Å². The maximum atomic E-state index is 13.1. The minimum absolute atomic E-state index is 0.143. The first-order valence-electron chi connectivity index (χ1n) is 7.15. The van der Waals surface area contributed by atoms with Gasteiger partial charge in [0.1, 0.15) is 5.82 Å². The molecule has 0 radical (unpaired) electrons. The first kappa shape index (κ1) is 12.5. The minimum Gasteiger partial charge on any atom is -0.207 e. The van der Waals surface area contributed by atoms with E-state index in [-0.39, 0.29) is 5.82 Å². The highest BCUT2D eigenvalue weighted by molar-refractivity contribution is 6.74. The van der Waals surface area contributed by atoms with Crippen LogP contribution < -0.4 is 5.46 Å². The monoisotopic (exact) mass is 252 g/mol. The fourth-order valence-electron chi connectivity index (χ4n) is 3.34. The van der Waals surface area contributed by atoms with Crippen LogP contribution in [-0.4, -0.2) is 6.71 Å². The predicted octanol–water partition coefficient (Wildman–Crippen LogP) is 4.03. The first-order valence-corrected chi connectivity index (χ1v) is 7.15. The lowest BCUT2D eigenvalue weighted by Gasteiger charge is -2.30. The van der Waals surface area contributed by atoms with Crippen LogP contribution in [0.5, 0.6) is 0 Å². The van der Waals surface area contributed by atoms with Crippen molar-refractivity contribution >= 4 is 12.2 Å². The van der Waals surface area contributed by atoms with Gasteiger partial charge in [-0.1, -0.05) is 79.1 Å². The van der Waals surface area contributed by atoms with E-state index < -0.39 is 0 Å². The van der Waals surface area contributed by atoms with Crippen molar-refractivity contribution in [2.24, 2.45) is 0 Å². The van der Waals surface area contributed by atoms with Gasteiger partial charge in [0.05, 0.1) is 0 Å². The van der Waals surface area contributed by atoms with Gasteiger partial charge in [0.25, 0.3) is 0 Å². The molecule has 0 N–H and O–H groups in total. The summed E-state index contributed by atoms with van der Waals surface area (Å²) in [6, 6.07) is 17.9. The second kappa shape index (κ2) is 5.60. The summed E-state index contributed by atoms with van der Waals surface area (Å²) in [5.41, 5.74) is 2.71. The number of benzene rings is 2. The third-order valence-corrected chi connectivity index (χ3v) is 4.29. The van der Waals surface area contributed by atoms with Gasteiger partial charge in [0, 0.05) is 0 Å². The fourth-order valence-corrected chi connectivity index (χ4v) is 3.34. The van der Waals surface area contributed by atoms with Gasteiger partial charge < -0.3 is 0 Å². The average Bonchev–Trinajstić information content (AvgIpc) is 2.49. The summed E-state index contributed by atoms with van der Waals surface area (Å²) >= 11 is 0. The van der Waals surface area contributed by atoms with Crippen molar-refractivity contribution in [3.05, 3.63) is 66.0 Å². The zero-order valence-electron chi connectivity index (χ0n) is 11.1. The summed E-state index contributed by atoms with van der Waals surface area (Å²) in [5.74, 6) is 0.396. The molecule has 1 saturated heterocycles. The number of hydrogen-bond acceptors (Lipinski definition) is 0. The van der Waals surface area contributed by atoms with E-state index in [0.717, 1.165) is 0 Å². The first-order chi connectivity index (χ1) is 9.34. The SMILES string of the molecule is Fc1ccc(C2CCCCB2c2ccccc2)cc1. The Labute approximate surface area is 114 Å². The Morgan fingerprint density at radius 2 is 1.63 bits per heavy atom. The Hall–Kier alpha value is -1.57. The molecule has 0 saturated carbocycles. The lowest BCUT2D eigenvalue weighted by atomic mass is 9.31. The van der Waals surface area contributed by atoms with Gasteiger partial charge in [-0.15, -0.1) is 0 Å². The number of hydrogen-bond donors (Lipinski definition) is 0. The van der Waals surface area contributed by atoms with E-state index in [0.29, 0.717) is 12.5 Å². The van der Waals surface area contributed by atoms with E-state index in [1.165, 1.54) is 36.6 Å². The van der Waals surface area contributed by atoms with Crippen LogP contribution in [0.25, 0.3) is 0 Å². The van der Waals surface area contributed by atoms with Crippen molar-refractivity contribution in [2.75, 3.05) is 0 Å². The van der Waals surface area contributed by atoms with E-state index in [9.17, 15) is 4.39 Å². The van der Waals surface area contributed by atoms with Crippen molar-refractivity contribution < 1.29 is 4.39 Å². The molecule has 0 spiro atoms.